The number of nitrogens with zero attached hydrogens (tertiary/aromatic N) is 6. The van der Waals surface area contributed by atoms with E-state index < -0.39 is 0 Å². The van der Waals surface area contributed by atoms with Crippen LogP contribution in [0.5, 0.6) is 0 Å². The molecule has 0 unspecified atom stereocenters. The Labute approximate surface area is 204 Å². The number of hydrogen-bond acceptors (Lipinski definition) is 7. The first kappa shape index (κ1) is 23.8. The van der Waals surface area contributed by atoms with Crippen molar-refractivity contribution in [1.82, 2.24) is 14.9 Å². The molecule has 2 aliphatic heterocycles. The number of carbonyl (C=O) groups is 2. The van der Waals surface area contributed by atoms with Gasteiger partial charge in [0, 0.05) is 49.9 Å². The van der Waals surface area contributed by atoms with Crippen molar-refractivity contribution in [2.24, 2.45) is 5.92 Å². The van der Waals surface area contributed by atoms with Crippen LogP contribution in [0.15, 0.2) is 30.6 Å². The molecule has 0 aliphatic carbocycles. The van der Waals surface area contributed by atoms with Gasteiger partial charge in [-0.25, -0.2) is 14.8 Å². The number of piperazine rings is 1. The van der Waals surface area contributed by atoms with E-state index in [1.54, 1.807) is 24.5 Å². The van der Waals surface area contributed by atoms with Gasteiger partial charge in [-0.05, 0) is 44.9 Å². The zero-order chi connectivity index (χ0) is 24.2. The van der Waals surface area contributed by atoms with Gasteiger partial charge in [0.05, 0.1) is 28.7 Å². The molecule has 3 heterocycles. The van der Waals surface area contributed by atoms with Gasteiger partial charge in [0.1, 0.15) is 12.4 Å². The molecule has 2 fully saturated rings. The highest BCUT2D eigenvalue weighted by atomic mass is 35.5. The number of benzene rings is 1. The van der Waals surface area contributed by atoms with E-state index in [1.165, 1.54) is 0 Å². The molecule has 2 aliphatic rings. The summed E-state index contributed by atoms with van der Waals surface area (Å²) in [6.07, 6.45) is 5.88. The Kier molecular flexibility index (Phi) is 7.17. The maximum Gasteiger partial charge on any atom is 0.322 e. The highest BCUT2D eigenvalue weighted by Crippen LogP contribution is 2.28. The predicted octanol–water partition coefficient (Wildman–Crippen LogP) is 3.55. The number of carbonyl (C=O) groups excluding carboxylic acids is 2. The second-order valence-electron chi connectivity index (χ2n) is 8.94. The van der Waals surface area contributed by atoms with Crippen LogP contribution in [-0.2, 0) is 4.79 Å². The number of nitriles is 1. The van der Waals surface area contributed by atoms with Gasteiger partial charge in [0.15, 0.2) is 0 Å². The minimum Gasteiger partial charge on any atom is -0.365 e. The Morgan fingerprint density at radius 2 is 1.88 bits per heavy atom. The fourth-order valence-electron chi connectivity index (χ4n) is 4.52. The van der Waals surface area contributed by atoms with Gasteiger partial charge >= 0.3 is 6.03 Å². The quantitative estimate of drug-likeness (QED) is 0.665. The predicted molar refractivity (Wildman–Crippen MR) is 131 cm³/mol. The van der Waals surface area contributed by atoms with Crippen molar-refractivity contribution in [2.75, 3.05) is 41.3 Å². The molecule has 2 atom stereocenters. The maximum atomic E-state index is 13.0. The van der Waals surface area contributed by atoms with E-state index in [0.717, 1.165) is 37.9 Å². The van der Waals surface area contributed by atoms with E-state index in [2.05, 4.69) is 38.1 Å². The van der Waals surface area contributed by atoms with Gasteiger partial charge in [-0.2, -0.15) is 5.26 Å². The third-order valence-electron chi connectivity index (χ3n) is 6.56. The van der Waals surface area contributed by atoms with E-state index in [1.807, 2.05) is 17.9 Å². The molecule has 4 rings (SSSR count). The van der Waals surface area contributed by atoms with E-state index in [-0.39, 0.29) is 24.0 Å². The zero-order valence-electron chi connectivity index (χ0n) is 19.3. The van der Waals surface area contributed by atoms with Crippen molar-refractivity contribution < 1.29 is 9.59 Å². The number of hydrogen-bond donors (Lipinski definition) is 1. The second-order valence-corrected chi connectivity index (χ2v) is 9.35. The molecule has 1 aromatic carbocycles. The number of halogens is 1. The number of nitrogens with one attached hydrogen (secondary N) is 1. The minimum atomic E-state index is -0.194. The summed E-state index contributed by atoms with van der Waals surface area (Å²) in [4.78, 5) is 38.8. The Morgan fingerprint density at radius 3 is 2.50 bits per heavy atom. The van der Waals surface area contributed by atoms with Crippen LogP contribution < -0.4 is 15.1 Å². The van der Waals surface area contributed by atoms with Crippen molar-refractivity contribution in [3.8, 4) is 6.07 Å². The van der Waals surface area contributed by atoms with Crippen LogP contribution in [0, 0.1) is 17.2 Å². The van der Waals surface area contributed by atoms with Crippen molar-refractivity contribution in [1.29, 1.82) is 5.26 Å². The van der Waals surface area contributed by atoms with Crippen LogP contribution in [0.1, 0.15) is 32.3 Å². The van der Waals surface area contributed by atoms with Gasteiger partial charge in [0.25, 0.3) is 0 Å². The maximum absolute atomic E-state index is 13.0. The third-order valence-corrected chi connectivity index (χ3v) is 6.87. The number of piperidine rings is 1. The fourth-order valence-corrected chi connectivity index (χ4v) is 4.74. The Bertz CT molecular complexity index is 1080. The second kappa shape index (κ2) is 10.3. The molecule has 9 nitrogen and oxygen atoms in total. The largest absolute Gasteiger partial charge is 0.365 e. The number of anilines is 3. The first-order valence-electron chi connectivity index (χ1n) is 11.5. The lowest BCUT2D eigenvalue weighted by Gasteiger charge is -2.45. The van der Waals surface area contributed by atoms with E-state index in [9.17, 15) is 9.59 Å². The lowest BCUT2D eigenvalue weighted by Crippen LogP contribution is -2.59. The normalized spacial score (nSPS) is 21.2. The molecule has 1 N–H and O–H groups in total. The van der Waals surface area contributed by atoms with Crippen LogP contribution in [-0.4, -0.2) is 65.4 Å². The molecular weight excluding hydrogens is 454 g/mol. The summed E-state index contributed by atoms with van der Waals surface area (Å²) in [5.74, 6) is 0.729. The smallest absolute Gasteiger partial charge is 0.322 e. The monoisotopic (exact) mass is 481 g/mol. The molecule has 178 valence electrons. The summed E-state index contributed by atoms with van der Waals surface area (Å²) < 4.78 is 0. The minimum absolute atomic E-state index is 0.0371. The number of aromatic nitrogens is 2. The number of amides is 2. The van der Waals surface area contributed by atoms with Crippen LogP contribution in [0.25, 0.3) is 0 Å². The average Bonchev–Trinajstić information content (AvgIpc) is 2.85. The standard InChI is InChI=1S/C24H28ClN7O2/c1-16-14-32(17(2)13-31(16)21-4-3-19(10-26)22(25)9-21)24(34)29-20-11-27-23(28-12-20)30-7-5-18(15-33)6-8-30/h3-4,9,11-12,15-18H,5-8,13-14H2,1-2H3,(H,29,34)/t16-,17+/m0/s1. The average molecular weight is 482 g/mol. The van der Waals surface area contributed by atoms with Crippen LogP contribution in [0.4, 0.5) is 22.1 Å². The SMILES string of the molecule is C[C@@H]1CN(c2ccc(C#N)c(Cl)c2)[C@@H](C)CN1C(=O)Nc1cnc(N2CCC(C=O)CC2)nc1. The Morgan fingerprint density at radius 1 is 1.18 bits per heavy atom. The van der Waals surface area contributed by atoms with Crippen LogP contribution >= 0.6 is 11.6 Å². The molecule has 2 aromatic rings. The van der Waals surface area contributed by atoms with Gasteiger partial charge in [0.2, 0.25) is 5.95 Å². The lowest BCUT2D eigenvalue weighted by atomic mass is 9.99. The highest BCUT2D eigenvalue weighted by molar-refractivity contribution is 6.32. The molecule has 0 bridgehead atoms. The van der Waals surface area contributed by atoms with E-state index >= 15 is 0 Å². The Hall–Kier alpha value is -3.38. The highest BCUT2D eigenvalue weighted by Gasteiger charge is 2.32. The summed E-state index contributed by atoms with van der Waals surface area (Å²) in [7, 11) is 0. The van der Waals surface area contributed by atoms with E-state index in [0.29, 0.717) is 35.3 Å². The van der Waals surface area contributed by atoms with Crippen molar-refractivity contribution in [3.05, 3.63) is 41.2 Å². The van der Waals surface area contributed by atoms with Crippen molar-refractivity contribution in [3.63, 3.8) is 0 Å². The molecule has 1 aromatic heterocycles. The van der Waals surface area contributed by atoms with Crippen LogP contribution in [0.2, 0.25) is 5.02 Å². The summed E-state index contributed by atoms with van der Waals surface area (Å²) in [6, 6.07) is 7.34. The third kappa shape index (κ3) is 5.07. The number of urea groups is 1. The fraction of sp³-hybridized carbons (Fsp3) is 0.458. The van der Waals surface area contributed by atoms with E-state index in [4.69, 9.17) is 16.9 Å². The van der Waals surface area contributed by atoms with Gasteiger partial charge in [-0.3, -0.25) is 0 Å². The molecule has 34 heavy (non-hydrogen) atoms. The topological polar surface area (TPSA) is 105 Å². The molecule has 0 saturated carbocycles. The summed E-state index contributed by atoms with van der Waals surface area (Å²) in [6.45, 7) is 6.74. The number of aldehydes is 1. The van der Waals surface area contributed by atoms with Crippen LogP contribution in [0.3, 0.4) is 0 Å². The summed E-state index contributed by atoms with van der Waals surface area (Å²) >= 11 is 6.22. The lowest BCUT2D eigenvalue weighted by molar-refractivity contribution is -0.111. The first-order chi connectivity index (χ1) is 16.4. The molecule has 0 radical (unpaired) electrons. The zero-order valence-corrected chi connectivity index (χ0v) is 20.1. The number of rotatable bonds is 4. The van der Waals surface area contributed by atoms with Gasteiger partial charge in [-0.1, -0.05) is 11.6 Å². The Balaban J connectivity index is 1.36. The van der Waals surface area contributed by atoms with Gasteiger partial charge < -0.3 is 24.8 Å². The van der Waals surface area contributed by atoms with Crippen molar-refractivity contribution in [2.45, 2.75) is 38.8 Å². The molecular formula is C24H28ClN7O2. The first-order valence-corrected chi connectivity index (χ1v) is 11.8. The van der Waals surface area contributed by atoms with Crippen molar-refractivity contribution >= 4 is 41.2 Å². The summed E-state index contributed by atoms with van der Waals surface area (Å²) in [5.41, 5.74) is 1.92. The molecule has 2 saturated heterocycles. The molecule has 10 heteroatoms. The molecule has 0 spiro atoms. The van der Waals surface area contributed by atoms with Gasteiger partial charge in [-0.15, -0.1) is 0 Å². The summed E-state index contributed by atoms with van der Waals surface area (Å²) in [5, 5.41) is 12.4. The molecule has 2 amide bonds.